The maximum absolute atomic E-state index is 12.5. The number of anilines is 1. The van der Waals surface area contributed by atoms with Gasteiger partial charge in [0.2, 0.25) is 0 Å². The van der Waals surface area contributed by atoms with Crippen molar-refractivity contribution in [3.63, 3.8) is 0 Å². The standard InChI is InChI=1S/C19H15NO4/c1-20-13-8-10-6-4-5-7-11(10)16-15(13)12(17(21)19(20)22)9-14(23-2)18(16)24-3/h4-9H,1-3H3. The van der Waals surface area contributed by atoms with Gasteiger partial charge in [-0.1, -0.05) is 24.3 Å². The van der Waals surface area contributed by atoms with Crippen LogP contribution in [0, 0.1) is 0 Å². The van der Waals surface area contributed by atoms with Crippen LogP contribution >= 0.6 is 0 Å². The molecule has 0 spiro atoms. The van der Waals surface area contributed by atoms with Crippen molar-refractivity contribution in [3.8, 4) is 11.5 Å². The number of hydrogen-bond donors (Lipinski definition) is 0. The molecular formula is C19H15NO4. The summed E-state index contributed by atoms with van der Waals surface area (Å²) in [5, 5.41) is 3.42. The molecule has 0 aliphatic carbocycles. The van der Waals surface area contributed by atoms with Gasteiger partial charge in [0, 0.05) is 23.4 Å². The van der Waals surface area contributed by atoms with Crippen LogP contribution in [0.5, 0.6) is 11.5 Å². The monoisotopic (exact) mass is 321 g/mol. The van der Waals surface area contributed by atoms with Gasteiger partial charge in [-0.25, -0.2) is 0 Å². The number of hydrogen-bond acceptors (Lipinski definition) is 4. The number of Topliss-reactive ketones (excluding diaryl/α,β-unsaturated/α-hetero) is 1. The van der Waals surface area contributed by atoms with E-state index in [4.69, 9.17) is 9.47 Å². The van der Waals surface area contributed by atoms with Crippen molar-refractivity contribution in [2.45, 2.75) is 0 Å². The number of rotatable bonds is 2. The van der Waals surface area contributed by atoms with Crippen molar-refractivity contribution in [3.05, 3.63) is 42.0 Å². The van der Waals surface area contributed by atoms with E-state index < -0.39 is 11.7 Å². The summed E-state index contributed by atoms with van der Waals surface area (Å²) < 4.78 is 11.0. The summed E-state index contributed by atoms with van der Waals surface area (Å²) in [4.78, 5) is 26.3. The lowest BCUT2D eigenvalue weighted by Gasteiger charge is -2.27. The first-order chi connectivity index (χ1) is 11.6. The number of likely N-dealkylation sites (N-methyl/N-ethyl adjacent to an activating group) is 1. The van der Waals surface area contributed by atoms with E-state index in [0.29, 0.717) is 22.7 Å². The Morgan fingerprint density at radius 3 is 2.42 bits per heavy atom. The summed E-state index contributed by atoms with van der Waals surface area (Å²) in [6, 6.07) is 11.3. The Labute approximate surface area is 138 Å². The maximum Gasteiger partial charge on any atom is 0.299 e. The fourth-order valence-corrected chi connectivity index (χ4v) is 3.41. The van der Waals surface area contributed by atoms with Crippen molar-refractivity contribution in [2.24, 2.45) is 0 Å². The van der Waals surface area contributed by atoms with Gasteiger partial charge in [0.25, 0.3) is 11.7 Å². The zero-order chi connectivity index (χ0) is 17.0. The van der Waals surface area contributed by atoms with Crippen molar-refractivity contribution in [2.75, 3.05) is 26.2 Å². The molecule has 3 aromatic rings. The van der Waals surface area contributed by atoms with Crippen LogP contribution in [0.4, 0.5) is 5.69 Å². The lowest BCUT2D eigenvalue weighted by molar-refractivity contribution is -0.114. The Balaban J connectivity index is 2.34. The molecule has 5 heteroatoms. The minimum Gasteiger partial charge on any atom is -0.493 e. The fraction of sp³-hybridized carbons (Fsp3) is 0.158. The molecule has 4 rings (SSSR count). The molecule has 1 heterocycles. The predicted octanol–water partition coefficient (Wildman–Crippen LogP) is 3.17. The molecule has 0 aromatic heterocycles. The number of benzene rings is 3. The molecular weight excluding hydrogens is 306 g/mol. The third-order valence-corrected chi connectivity index (χ3v) is 4.55. The molecule has 0 radical (unpaired) electrons. The van der Waals surface area contributed by atoms with Crippen molar-refractivity contribution < 1.29 is 19.1 Å². The van der Waals surface area contributed by atoms with Gasteiger partial charge in [-0.2, -0.15) is 0 Å². The van der Waals surface area contributed by atoms with Gasteiger partial charge in [0.15, 0.2) is 11.5 Å². The predicted molar refractivity (Wildman–Crippen MR) is 92.3 cm³/mol. The largest absolute Gasteiger partial charge is 0.493 e. The second-order valence-corrected chi connectivity index (χ2v) is 5.72. The smallest absolute Gasteiger partial charge is 0.299 e. The Kier molecular flexibility index (Phi) is 3.00. The van der Waals surface area contributed by atoms with E-state index in [0.717, 1.165) is 21.5 Å². The number of ether oxygens (including phenoxy) is 2. The molecule has 5 nitrogen and oxygen atoms in total. The molecule has 0 unspecified atom stereocenters. The van der Waals surface area contributed by atoms with Crippen LogP contribution in [0.25, 0.3) is 21.5 Å². The molecule has 0 fully saturated rings. The highest BCUT2D eigenvalue weighted by molar-refractivity contribution is 6.52. The van der Waals surface area contributed by atoms with E-state index in [9.17, 15) is 9.59 Å². The summed E-state index contributed by atoms with van der Waals surface area (Å²) in [7, 11) is 4.70. The molecule has 1 aliphatic rings. The van der Waals surface area contributed by atoms with Crippen molar-refractivity contribution in [1.29, 1.82) is 0 Å². The van der Waals surface area contributed by atoms with Crippen molar-refractivity contribution in [1.82, 2.24) is 0 Å². The van der Waals surface area contributed by atoms with Gasteiger partial charge >= 0.3 is 0 Å². The molecule has 24 heavy (non-hydrogen) atoms. The molecule has 0 N–H and O–H groups in total. The molecule has 120 valence electrons. The van der Waals surface area contributed by atoms with Crippen LogP contribution in [0.3, 0.4) is 0 Å². The van der Waals surface area contributed by atoms with Crippen LogP contribution in [-0.2, 0) is 4.79 Å². The number of amides is 1. The van der Waals surface area contributed by atoms with Gasteiger partial charge in [0.05, 0.1) is 19.9 Å². The third-order valence-electron chi connectivity index (χ3n) is 4.55. The minimum absolute atomic E-state index is 0.353. The van der Waals surface area contributed by atoms with Gasteiger partial charge in [-0.3, -0.25) is 9.59 Å². The Morgan fingerprint density at radius 2 is 1.71 bits per heavy atom. The topological polar surface area (TPSA) is 55.8 Å². The summed E-state index contributed by atoms with van der Waals surface area (Å²) in [5.74, 6) is -0.0876. The van der Waals surface area contributed by atoms with E-state index in [2.05, 4.69) is 0 Å². The Hall–Kier alpha value is -3.08. The van der Waals surface area contributed by atoms with E-state index in [1.54, 1.807) is 20.2 Å². The molecule has 0 bridgehead atoms. The summed E-state index contributed by atoms with van der Waals surface area (Å²) in [5.41, 5.74) is 1.05. The molecule has 0 saturated heterocycles. The Bertz CT molecular complexity index is 1040. The summed E-state index contributed by atoms with van der Waals surface area (Å²) in [6.07, 6.45) is 0. The van der Waals surface area contributed by atoms with Gasteiger partial charge in [-0.15, -0.1) is 0 Å². The highest BCUT2D eigenvalue weighted by atomic mass is 16.5. The van der Waals surface area contributed by atoms with Crippen LogP contribution in [0.2, 0.25) is 0 Å². The average molecular weight is 321 g/mol. The zero-order valence-electron chi connectivity index (χ0n) is 13.5. The van der Waals surface area contributed by atoms with Crippen LogP contribution in [-0.4, -0.2) is 33.0 Å². The third kappa shape index (κ3) is 1.69. The summed E-state index contributed by atoms with van der Waals surface area (Å²) >= 11 is 0. The fourth-order valence-electron chi connectivity index (χ4n) is 3.41. The molecule has 1 aliphatic heterocycles. The van der Waals surface area contributed by atoms with E-state index >= 15 is 0 Å². The zero-order valence-corrected chi connectivity index (χ0v) is 13.5. The lowest BCUT2D eigenvalue weighted by atomic mass is 9.90. The molecule has 0 saturated carbocycles. The Morgan fingerprint density at radius 1 is 0.958 bits per heavy atom. The molecule has 0 atom stereocenters. The molecule has 3 aromatic carbocycles. The van der Waals surface area contributed by atoms with Gasteiger partial charge < -0.3 is 14.4 Å². The van der Waals surface area contributed by atoms with Crippen LogP contribution in [0.1, 0.15) is 10.4 Å². The maximum atomic E-state index is 12.5. The number of fused-ring (bicyclic) bond motifs is 2. The quantitative estimate of drug-likeness (QED) is 0.537. The van der Waals surface area contributed by atoms with E-state index in [1.807, 2.05) is 30.3 Å². The first kappa shape index (κ1) is 14.5. The second kappa shape index (κ2) is 4.96. The summed E-state index contributed by atoms with van der Waals surface area (Å²) in [6.45, 7) is 0. The number of nitrogens with zero attached hydrogens (tertiary/aromatic N) is 1. The highest BCUT2D eigenvalue weighted by Gasteiger charge is 2.34. The van der Waals surface area contributed by atoms with Crippen LogP contribution < -0.4 is 14.4 Å². The van der Waals surface area contributed by atoms with E-state index in [1.165, 1.54) is 12.0 Å². The SMILES string of the molecule is COc1cc2c3c(cc4ccccc4c3c1OC)N(C)C(=O)C2=O. The average Bonchev–Trinajstić information content (AvgIpc) is 2.62. The van der Waals surface area contributed by atoms with Crippen molar-refractivity contribution >= 4 is 38.9 Å². The first-order valence-electron chi connectivity index (χ1n) is 7.51. The van der Waals surface area contributed by atoms with Crippen LogP contribution in [0.15, 0.2) is 36.4 Å². The van der Waals surface area contributed by atoms with E-state index in [-0.39, 0.29) is 0 Å². The normalized spacial score (nSPS) is 13.7. The first-order valence-corrected chi connectivity index (χ1v) is 7.51. The highest BCUT2D eigenvalue weighted by Crippen LogP contribution is 2.47. The molecule has 1 amide bonds. The number of ketones is 1. The number of methoxy groups -OCH3 is 2. The second-order valence-electron chi connectivity index (χ2n) is 5.72. The lowest BCUT2D eigenvalue weighted by Crippen LogP contribution is -2.36. The minimum atomic E-state index is -0.550. The van der Waals surface area contributed by atoms with Gasteiger partial charge in [0.1, 0.15) is 0 Å². The number of carbonyl (C=O) groups is 2. The van der Waals surface area contributed by atoms with Gasteiger partial charge in [-0.05, 0) is 22.9 Å². The number of carbonyl (C=O) groups excluding carboxylic acids is 2.